The van der Waals surface area contributed by atoms with E-state index in [1.165, 1.54) is 5.56 Å². The molecule has 0 saturated carbocycles. The van der Waals surface area contributed by atoms with Gasteiger partial charge in [0.05, 0.1) is 16.8 Å². The number of hydrogen-bond acceptors (Lipinski definition) is 5. The van der Waals surface area contributed by atoms with Gasteiger partial charge in [-0.3, -0.25) is 9.59 Å². The van der Waals surface area contributed by atoms with E-state index in [1.807, 2.05) is 42.5 Å². The molecule has 1 aliphatic heterocycles. The molecule has 190 valence electrons. The van der Waals surface area contributed by atoms with Gasteiger partial charge in [-0.1, -0.05) is 68.4 Å². The number of carbonyl (C=O) groups excluding carboxylic acids is 3. The van der Waals surface area contributed by atoms with E-state index >= 15 is 0 Å². The first-order chi connectivity index (χ1) is 18.3. The summed E-state index contributed by atoms with van der Waals surface area (Å²) in [5, 5.41) is 0. The van der Waals surface area contributed by atoms with Gasteiger partial charge in [0.1, 0.15) is 11.5 Å². The Morgan fingerprint density at radius 3 is 1.76 bits per heavy atom. The third-order valence-electron chi connectivity index (χ3n) is 6.82. The molecule has 38 heavy (non-hydrogen) atoms. The van der Waals surface area contributed by atoms with Crippen LogP contribution in [0.3, 0.4) is 0 Å². The fourth-order valence-electron chi connectivity index (χ4n) is 4.51. The highest BCUT2D eigenvalue weighted by Crippen LogP contribution is 2.33. The zero-order valence-corrected chi connectivity index (χ0v) is 21.4. The van der Waals surface area contributed by atoms with Crippen molar-refractivity contribution in [3.8, 4) is 11.5 Å². The lowest BCUT2D eigenvalue weighted by Crippen LogP contribution is -2.29. The van der Waals surface area contributed by atoms with Gasteiger partial charge in [-0.25, -0.2) is 9.69 Å². The Bertz CT molecular complexity index is 1460. The molecule has 0 radical (unpaired) electrons. The van der Waals surface area contributed by atoms with E-state index < -0.39 is 12.1 Å². The summed E-state index contributed by atoms with van der Waals surface area (Å²) in [6.07, 6.45) is -0.848. The number of ether oxygens (including phenoxy) is 2. The largest absolute Gasteiger partial charge is 0.479 e. The minimum absolute atomic E-state index is 0.177. The van der Waals surface area contributed by atoms with Crippen molar-refractivity contribution in [2.24, 2.45) is 0 Å². The molecule has 1 aliphatic rings. The van der Waals surface area contributed by atoms with Crippen LogP contribution in [0.1, 0.15) is 52.6 Å². The van der Waals surface area contributed by atoms with Crippen LogP contribution in [0.2, 0.25) is 0 Å². The highest BCUT2D eigenvalue weighted by Gasteiger charge is 2.36. The van der Waals surface area contributed by atoms with Crippen LogP contribution in [-0.2, 0) is 10.2 Å². The number of imide groups is 1. The fourth-order valence-corrected chi connectivity index (χ4v) is 4.51. The average Bonchev–Trinajstić information content (AvgIpc) is 3.19. The van der Waals surface area contributed by atoms with Gasteiger partial charge in [-0.15, -0.1) is 0 Å². The van der Waals surface area contributed by atoms with E-state index in [0.29, 0.717) is 22.6 Å². The molecule has 1 heterocycles. The Hall–Kier alpha value is -4.71. The molecular formula is C32H27NO5. The Morgan fingerprint density at radius 1 is 0.684 bits per heavy atom. The molecule has 0 fully saturated rings. The zero-order valence-electron chi connectivity index (χ0n) is 21.4. The summed E-state index contributed by atoms with van der Waals surface area (Å²) in [6.45, 7) is 5.95. The van der Waals surface area contributed by atoms with Crippen molar-refractivity contribution >= 4 is 23.5 Å². The molecule has 5 rings (SSSR count). The van der Waals surface area contributed by atoms with Crippen LogP contribution < -0.4 is 14.4 Å². The molecule has 4 aromatic carbocycles. The number of hydrogen-bond donors (Lipinski definition) is 0. The smallest absolute Gasteiger partial charge is 0.352 e. The zero-order chi connectivity index (χ0) is 26.9. The van der Waals surface area contributed by atoms with Crippen molar-refractivity contribution in [2.45, 2.75) is 32.3 Å². The van der Waals surface area contributed by atoms with E-state index in [0.717, 1.165) is 10.5 Å². The number of amides is 2. The topological polar surface area (TPSA) is 72.9 Å². The van der Waals surface area contributed by atoms with Gasteiger partial charge >= 0.3 is 5.97 Å². The van der Waals surface area contributed by atoms with Crippen LogP contribution in [0.4, 0.5) is 5.69 Å². The highest BCUT2D eigenvalue weighted by atomic mass is 16.6. The number of anilines is 1. The van der Waals surface area contributed by atoms with Crippen LogP contribution in [0.25, 0.3) is 0 Å². The van der Waals surface area contributed by atoms with Gasteiger partial charge < -0.3 is 9.47 Å². The standard InChI is InChI=1S/C32H27NO5/c1-21(37-25-17-13-23(14-18-25)32(2,3)22-9-5-4-6-10-22)31(36)38-26-19-15-24(16-20-26)33-29(34)27-11-7-8-12-28(27)30(33)35/h4-21H,1-3H3. The normalized spacial score (nSPS) is 13.7. The van der Waals surface area contributed by atoms with E-state index in [-0.39, 0.29) is 23.0 Å². The molecule has 0 N–H and O–H groups in total. The van der Waals surface area contributed by atoms with Crippen LogP contribution in [-0.4, -0.2) is 23.9 Å². The Labute approximate surface area is 221 Å². The highest BCUT2D eigenvalue weighted by molar-refractivity contribution is 6.34. The van der Waals surface area contributed by atoms with E-state index in [9.17, 15) is 14.4 Å². The molecule has 0 saturated heterocycles. The summed E-state index contributed by atoms with van der Waals surface area (Å²) in [7, 11) is 0. The lowest BCUT2D eigenvalue weighted by atomic mass is 9.78. The predicted molar refractivity (Wildman–Crippen MR) is 145 cm³/mol. The van der Waals surface area contributed by atoms with E-state index in [1.54, 1.807) is 55.5 Å². The first-order valence-electron chi connectivity index (χ1n) is 12.4. The molecular weight excluding hydrogens is 478 g/mol. The maximum atomic E-state index is 12.7. The van der Waals surface area contributed by atoms with Gasteiger partial charge in [-0.05, 0) is 66.6 Å². The molecule has 1 unspecified atom stereocenters. The fraction of sp³-hybridized carbons (Fsp3) is 0.156. The van der Waals surface area contributed by atoms with Crippen LogP contribution in [0.5, 0.6) is 11.5 Å². The van der Waals surface area contributed by atoms with Gasteiger partial charge in [0.15, 0.2) is 6.10 Å². The minimum atomic E-state index is -0.848. The molecule has 0 aromatic heterocycles. The predicted octanol–water partition coefficient (Wildman–Crippen LogP) is 6.19. The first-order valence-corrected chi connectivity index (χ1v) is 12.4. The molecule has 0 aliphatic carbocycles. The number of rotatable bonds is 7. The number of benzene rings is 4. The lowest BCUT2D eigenvalue weighted by molar-refractivity contribution is -0.141. The van der Waals surface area contributed by atoms with E-state index in [4.69, 9.17) is 9.47 Å². The molecule has 6 nitrogen and oxygen atoms in total. The summed E-state index contributed by atoms with van der Waals surface area (Å²) in [6, 6.07) is 30.9. The van der Waals surface area contributed by atoms with Crippen molar-refractivity contribution in [3.05, 3.63) is 125 Å². The molecule has 0 bridgehead atoms. The first kappa shape index (κ1) is 25.0. The maximum Gasteiger partial charge on any atom is 0.352 e. The molecule has 1 atom stereocenters. The maximum absolute atomic E-state index is 12.7. The van der Waals surface area contributed by atoms with Gasteiger partial charge in [0.2, 0.25) is 0 Å². The second kappa shape index (κ2) is 9.98. The average molecular weight is 506 g/mol. The summed E-state index contributed by atoms with van der Waals surface area (Å²) in [5.74, 6) is -0.480. The quantitative estimate of drug-likeness (QED) is 0.170. The van der Waals surface area contributed by atoms with Crippen LogP contribution >= 0.6 is 0 Å². The summed E-state index contributed by atoms with van der Waals surface area (Å²) >= 11 is 0. The molecule has 0 spiro atoms. The van der Waals surface area contributed by atoms with Crippen LogP contribution in [0, 0.1) is 0 Å². The second-order valence-electron chi connectivity index (χ2n) is 9.68. The van der Waals surface area contributed by atoms with Crippen molar-refractivity contribution in [1.29, 1.82) is 0 Å². The Balaban J connectivity index is 1.21. The Morgan fingerprint density at radius 2 is 1.18 bits per heavy atom. The third kappa shape index (κ3) is 4.68. The SMILES string of the molecule is CC(Oc1ccc(C(C)(C)c2ccccc2)cc1)C(=O)Oc1ccc(N2C(=O)c3ccccc3C2=O)cc1. The van der Waals surface area contributed by atoms with Crippen LogP contribution in [0.15, 0.2) is 103 Å². The van der Waals surface area contributed by atoms with Crippen molar-refractivity contribution in [2.75, 3.05) is 4.90 Å². The van der Waals surface area contributed by atoms with Crippen molar-refractivity contribution < 1.29 is 23.9 Å². The van der Waals surface area contributed by atoms with E-state index in [2.05, 4.69) is 26.0 Å². The van der Waals surface area contributed by atoms with Gasteiger partial charge in [0, 0.05) is 5.41 Å². The van der Waals surface area contributed by atoms with Crippen molar-refractivity contribution in [1.82, 2.24) is 0 Å². The number of nitrogens with zero attached hydrogens (tertiary/aromatic N) is 1. The minimum Gasteiger partial charge on any atom is -0.479 e. The monoisotopic (exact) mass is 505 g/mol. The van der Waals surface area contributed by atoms with Crippen molar-refractivity contribution in [3.63, 3.8) is 0 Å². The number of fused-ring (bicyclic) bond motifs is 1. The summed E-state index contributed by atoms with van der Waals surface area (Å²) in [4.78, 5) is 39.1. The molecule has 2 amide bonds. The summed E-state index contributed by atoms with van der Waals surface area (Å²) in [5.41, 5.74) is 3.30. The number of esters is 1. The summed E-state index contributed by atoms with van der Waals surface area (Å²) < 4.78 is 11.3. The lowest BCUT2D eigenvalue weighted by Gasteiger charge is -2.26. The second-order valence-corrected chi connectivity index (χ2v) is 9.68. The van der Waals surface area contributed by atoms with Gasteiger partial charge in [-0.2, -0.15) is 0 Å². The molecule has 4 aromatic rings. The Kier molecular flexibility index (Phi) is 6.55. The number of carbonyl (C=O) groups is 3. The molecule has 6 heteroatoms. The van der Waals surface area contributed by atoms with Gasteiger partial charge in [0.25, 0.3) is 11.8 Å². The third-order valence-corrected chi connectivity index (χ3v) is 6.82.